The van der Waals surface area contributed by atoms with Gasteiger partial charge in [-0.2, -0.15) is 0 Å². The van der Waals surface area contributed by atoms with Crippen LogP contribution >= 0.6 is 0 Å². The van der Waals surface area contributed by atoms with Crippen molar-refractivity contribution in [1.29, 1.82) is 0 Å². The van der Waals surface area contributed by atoms with Crippen molar-refractivity contribution in [3.8, 4) is 0 Å². The Bertz CT molecular complexity index is 446. The van der Waals surface area contributed by atoms with Gasteiger partial charge in [-0.25, -0.2) is 4.39 Å². The van der Waals surface area contributed by atoms with E-state index in [1.165, 1.54) is 25.7 Å². The minimum absolute atomic E-state index is 0.107. The Morgan fingerprint density at radius 1 is 1.33 bits per heavy atom. The van der Waals surface area contributed by atoms with Crippen LogP contribution in [0, 0.1) is 30.5 Å². The third-order valence-corrected chi connectivity index (χ3v) is 4.96. The number of halogens is 1. The molecule has 3 heteroatoms. The molecular weight excluding hydrogens is 227 g/mol. The smallest absolute Gasteiger partial charge is 0.126 e. The summed E-state index contributed by atoms with van der Waals surface area (Å²) in [4.78, 5) is 0. The average Bonchev–Trinajstić information content (AvgIpc) is 2.97. The standard InChI is InChI=1S/C15H21FN2/c1-9-2-4-12(8-14(9)16)15(18-17)13-7-10-3-5-11(13)6-10/h2,4,8,10-11,13,15,18H,3,5-7,17H2,1H3. The Kier molecular flexibility index (Phi) is 3.12. The number of hydrogen-bond donors (Lipinski definition) is 2. The zero-order chi connectivity index (χ0) is 12.7. The summed E-state index contributed by atoms with van der Waals surface area (Å²) in [6.45, 7) is 1.79. The van der Waals surface area contributed by atoms with E-state index >= 15 is 0 Å². The topological polar surface area (TPSA) is 38.0 Å². The summed E-state index contributed by atoms with van der Waals surface area (Å²) in [6, 6.07) is 5.61. The number of hydrogen-bond acceptors (Lipinski definition) is 2. The van der Waals surface area contributed by atoms with Crippen LogP contribution in [0.3, 0.4) is 0 Å². The lowest BCUT2D eigenvalue weighted by Gasteiger charge is -2.30. The minimum atomic E-state index is -0.129. The molecule has 2 nitrogen and oxygen atoms in total. The van der Waals surface area contributed by atoms with Gasteiger partial charge in [-0.3, -0.25) is 11.3 Å². The second kappa shape index (κ2) is 4.63. The van der Waals surface area contributed by atoms with E-state index in [0.717, 1.165) is 17.4 Å². The maximum atomic E-state index is 13.7. The molecule has 2 aliphatic rings. The van der Waals surface area contributed by atoms with Crippen LogP contribution in [0.4, 0.5) is 4.39 Å². The predicted octanol–water partition coefficient (Wildman–Crippen LogP) is 3.07. The monoisotopic (exact) mass is 248 g/mol. The first-order valence-corrected chi connectivity index (χ1v) is 6.91. The number of nitrogens with one attached hydrogen (secondary N) is 1. The Hall–Kier alpha value is -0.930. The normalized spacial score (nSPS) is 31.8. The van der Waals surface area contributed by atoms with Crippen molar-refractivity contribution in [2.75, 3.05) is 0 Å². The van der Waals surface area contributed by atoms with Crippen molar-refractivity contribution in [2.24, 2.45) is 23.6 Å². The first-order chi connectivity index (χ1) is 8.69. The van der Waals surface area contributed by atoms with Crippen molar-refractivity contribution in [2.45, 2.75) is 38.6 Å². The van der Waals surface area contributed by atoms with Crippen LogP contribution in [0.2, 0.25) is 0 Å². The molecular formula is C15H21FN2. The van der Waals surface area contributed by atoms with Gasteiger partial charge in [0, 0.05) is 6.04 Å². The third kappa shape index (κ3) is 1.95. The van der Waals surface area contributed by atoms with E-state index in [1.807, 2.05) is 12.1 Å². The molecule has 18 heavy (non-hydrogen) atoms. The van der Waals surface area contributed by atoms with Crippen molar-refractivity contribution in [3.05, 3.63) is 35.1 Å². The number of nitrogens with two attached hydrogens (primary N) is 1. The second-order valence-corrected chi connectivity index (χ2v) is 5.99. The molecule has 0 radical (unpaired) electrons. The van der Waals surface area contributed by atoms with E-state index < -0.39 is 0 Å². The summed E-state index contributed by atoms with van der Waals surface area (Å²) >= 11 is 0. The van der Waals surface area contributed by atoms with Gasteiger partial charge in [-0.15, -0.1) is 0 Å². The number of aryl methyl sites for hydroxylation is 1. The molecule has 0 aromatic heterocycles. The molecule has 0 saturated heterocycles. The van der Waals surface area contributed by atoms with Gasteiger partial charge in [0.05, 0.1) is 0 Å². The Morgan fingerprint density at radius 2 is 2.17 bits per heavy atom. The number of fused-ring (bicyclic) bond motifs is 2. The molecule has 3 N–H and O–H groups in total. The van der Waals surface area contributed by atoms with Gasteiger partial charge in [0.1, 0.15) is 5.82 Å². The highest BCUT2D eigenvalue weighted by Crippen LogP contribution is 2.52. The largest absolute Gasteiger partial charge is 0.271 e. The van der Waals surface area contributed by atoms with Crippen molar-refractivity contribution < 1.29 is 4.39 Å². The maximum Gasteiger partial charge on any atom is 0.126 e. The van der Waals surface area contributed by atoms with E-state index in [-0.39, 0.29) is 11.9 Å². The Morgan fingerprint density at radius 3 is 2.72 bits per heavy atom. The fourth-order valence-corrected chi connectivity index (χ4v) is 3.97. The van der Waals surface area contributed by atoms with Gasteiger partial charge in [-0.05, 0) is 61.1 Å². The van der Waals surface area contributed by atoms with Crippen LogP contribution in [0.1, 0.15) is 42.9 Å². The molecule has 0 amide bonds. The maximum absolute atomic E-state index is 13.7. The highest BCUT2D eigenvalue weighted by Gasteiger charge is 2.43. The van der Waals surface area contributed by atoms with Gasteiger partial charge in [0.25, 0.3) is 0 Å². The van der Waals surface area contributed by atoms with Gasteiger partial charge in [-0.1, -0.05) is 18.6 Å². The molecule has 2 fully saturated rings. The lowest BCUT2D eigenvalue weighted by Crippen LogP contribution is -2.35. The molecule has 1 aromatic rings. The average molecular weight is 248 g/mol. The summed E-state index contributed by atoms with van der Waals surface area (Å²) in [5, 5.41) is 0. The number of rotatable bonds is 3. The van der Waals surface area contributed by atoms with E-state index in [9.17, 15) is 4.39 Å². The molecule has 4 unspecified atom stereocenters. The van der Waals surface area contributed by atoms with Gasteiger partial charge in [0.15, 0.2) is 0 Å². The SMILES string of the molecule is Cc1ccc(C(NN)C2CC3CCC2C3)cc1F. The van der Waals surface area contributed by atoms with Gasteiger partial charge in [0.2, 0.25) is 0 Å². The number of benzene rings is 1. The fourth-order valence-electron chi connectivity index (χ4n) is 3.97. The molecule has 0 heterocycles. The van der Waals surface area contributed by atoms with Crippen molar-refractivity contribution >= 4 is 0 Å². The molecule has 2 aliphatic carbocycles. The van der Waals surface area contributed by atoms with E-state index in [0.29, 0.717) is 11.5 Å². The summed E-state index contributed by atoms with van der Waals surface area (Å²) in [5.74, 6) is 7.84. The van der Waals surface area contributed by atoms with Gasteiger partial charge >= 0.3 is 0 Å². The van der Waals surface area contributed by atoms with E-state index in [1.54, 1.807) is 13.0 Å². The third-order valence-electron chi connectivity index (χ3n) is 4.96. The van der Waals surface area contributed by atoms with Crippen molar-refractivity contribution in [3.63, 3.8) is 0 Å². The Balaban J connectivity index is 1.85. The summed E-state index contributed by atoms with van der Waals surface area (Å²) in [5.41, 5.74) is 4.62. The van der Waals surface area contributed by atoms with Crippen LogP contribution < -0.4 is 11.3 Å². The predicted molar refractivity (Wildman–Crippen MR) is 70.1 cm³/mol. The van der Waals surface area contributed by atoms with Crippen LogP contribution in [-0.2, 0) is 0 Å². The highest BCUT2D eigenvalue weighted by molar-refractivity contribution is 5.26. The van der Waals surface area contributed by atoms with Crippen LogP contribution in [0.5, 0.6) is 0 Å². The quantitative estimate of drug-likeness (QED) is 0.637. The lowest BCUT2D eigenvalue weighted by atomic mass is 9.80. The van der Waals surface area contributed by atoms with Crippen molar-refractivity contribution in [1.82, 2.24) is 5.43 Å². The fraction of sp³-hybridized carbons (Fsp3) is 0.600. The first kappa shape index (κ1) is 12.1. The molecule has 1 aromatic carbocycles. The van der Waals surface area contributed by atoms with Crippen LogP contribution in [0.15, 0.2) is 18.2 Å². The molecule has 98 valence electrons. The first-order valence-electron chi connectivity index (χ1n) is 6.91. The molecule has 4 atom stereocenters. The summed E-state index contributed by atoms with van der Waals surface area (Å²) in [6.07, 6.45) is 5.29. The zero-order valence-corrected chi connectivity index (χ0v) is 10.8. The summed E-state index contributed by atoms with van der Waals surface area (Å²) < 4.78 is 13.7. The second-order valence-electron chi connectivity index (χ2n) is 5.99. The Labute approximate surface area is 108 Å². The van der Waals surface area contributed by atoms with Crippen LogP contribution in [-0.4, -0.2) is 0 Å². The molecule has 0 aliphatic heterocycles. The lowest BCUT2D eigenvalue weighted by molar-refractivity contribution is 0.251. The van der Waals surface area contributed by atoms with Gasteiger partial charge < -0.3 is 0 Å². The number of hydrazine groups is 1. The highest BCUT2D eigenvalue weighted by atomic mass is 19.1. The molecule has 2 saturated carbocycles. The zero-order valence-electron chi connectivity index (χ0n) is 10.8. The minimum Gasteiger partial charge on any atom is -0.271 e. The van der Waals surface area contributed by atoms with E-state index in [4.69, 9.17) is 5.84 Å². The van der Waals surface area contributed by atoms with Crippen LogP contribution in [0.25, 0.3) is 0 Å². The summed E-state index contributed by atoms with van der Waals surface area (Å²) in [7, 11) is 0. The van der Waals surface area contributed by atoms with E-state index in [2.05, 4.69) is 5.43 Å². The molecule has 2 bridgehead atoms. The molecule has 0 spiro atoms. The molecule has 3 rings (SSSR count).